The number of nitrogens with two attached hydrogens (primary N) is 1. The van der Waals surface area contributed by atoms with Gasteiger partial charge in [0.25, 0.3) is 15.7 Å². The highest BCUT2D eigenvalue weighted by atomic mass is 32.2. The summed E-state index contributed by atoms with van der Waals surface area (Å²) in [5.41, 5.74) is 8.99. The number of hydrogen-bond donors (Lipinski definition) is 3. The first-order valence-electron chi connectivity index (χ1n) is 11.3. The lowest BCUT2D eigenvalue weighted by molar-refractivity contribution is -0.172. The highest BCUT2D eigenvalue weighted by molar-refractivity contribution is 7.85. The van der Waals surface area contributed by atoms with Gasteiger partial charge >= 0.3 is 5.97 Å². The number of pyridine rings is 2. The summed E-state index contributed by atoms with van der Waals surface area (Å²) < 4.78 is 46.8. The molecule has 0 unspecified atom stereocenters. The summed E-state index contributed by atoms with van der Waals surface area (Å²) in [6, 6.07) is 4.34. The van der Waals surface area contributed by atoms with Gasteiger partial charge in [-0.25, -0.2) is 14.2 Å². The van der Waals surface area contributed by atoms with Crippen LogP contribution in [0, 0.1) is 5.82 Å². The van der Waals surface area contributed by atoms with Crippen molar-refractivity contribution in [2.24, 2.45) is 5.73 Å². The Morgan fingerprint density at radius 2 is 1.97 bits per heavy atom. The molecular weight excluding hydrogens is 493 g/mol. The van der Waals surface area contributed by atoms with Crippen LogP contribution in [0.15, 0.2) is 23.0 Å². The molecule has 0 radical (unpaired) electrons. The van der Waals surface area contributed by atoms with E-state index in [9.17, 15) is 27.5 Å². The molecule has 1 aromatic carbocycles. The monoisotopic (exact) mass is 517 g/mol. The third-order valence-electron chi connectivity index (χ3n) is 6.97. The number of cyclic esters (lactones) is 1. The maximum Gasteiger partial charge on any atom is 0.343 e. The Morgan fingerprint density at radius 3 is 2.64 bits per heavy atom. The topological polar surface area (TPSA) is 162 Å². The summed E-state index contributed by atoms with van der Waals surface area (Å²) in [7, 11) is -3.67. The fourth-order valence-corrected chi connectivity index (χ4v) is 5.36. The van der Waals surface area contributed by atoms with Gasteiger partial charge in [0.05, 0.1) is 35.3 Å². The number of carbonyl (C=O) groups is 1. The number of benzene rings is 1. The third-order valence-corrected chi connectivity index (χ3v) is 6.97. The number of rotatable bonds is 1. The second-order valence-electron chi connectivity index (χ2n) is 9.29. The van der Waals surface area contributed by atoms with E-state index in [-0.39, 0.29) is 48.1 Å². The molecule has 190 valence electrons. The van der Waals surface area contributed by atoms with Crippen LogP contribution >= 0.6 is 0 Å². The van der Waals surface area contributed by atoms with Gasteiger partial charge in [0.1, 0.15) is 12.4 Å². The summed E-state index contributed by atoms with van der Waals surface area (Å²) >= 11 is 0. The van der Waals surface area contributed by atoms with E-state index in [1.165, 1.54) is 12.1 Å². The van der Waals surface area contributed by atoms with Gasteiger partial charge in [0.2, 0.25) is 0 Å². The minimum absolute atomic E-state index is 0.0738. The van der Waals surface area contributed by atoms with Crippen LogP contribution in [0.5, 0.6) is 0 Å². The molecule has 0 bridgehead atoms. The van der Waals surface area contributed by atoms with E-state index >= 15 is 0 Å². The first-order valence-corrected chi connectivity index (χ1v) is 13.2. The number of esters is 1. The predicted octanol–water partition coefficient (Wildman–Crippen LogP) is 1.67. The van der Waals surface area contributed by atoms with E-state index < -0.39 is 21.7 Å². The first kappa shape index (κ1) is 24.5. The number of ether oxygens (including phenoxy) is 1. The quantitative estimate of drug-likeness (QED) is 0.252. The summed E-state index contributed by atoms with van der Waals surface area (Å²) in [6.07, 6.45) is 2.15. The van der Waals surface area contributed by atoms with E-state index in [1.807, 2.05) is 0 Å². The minimum Gasteiger partial charge on any atom is -0.458 e. The average Bonchev–Trinajstić information content (AvgIpc) is 3.16. The van der Waals surface area contributed by atoms with Crippen LogP contribution in [0.4, 0.5) is 4.39 Å². The maximum absolute atomic E-state index is 14.3. The lowest BCUT2D eigenvalue weighted by atomic mass is 9.83. The number of carbonyl (C=O) groups excluding carboxylic acids is 1. The minimum atomic E-state index is -3.67. The number of hydrogen-bond acceptors (Lipinski definition) is 8. The van der Waals surface area contributed by atoms with Gasteiger partial charge in [-0.15, -0.1) is 0 Å². The van der Waals surface area contributed by atoms with Crippen molar-refractivity contribution in [3.05, 3.63) is 62.2 Å². The van der Waals surface area contributed by atoms with Crippen LogP contribution < -0.4 is 11.3 Å². The van der Waals surface area contributed by atoms with Crippen molar-refractivity contribution in [3.8, 4) is 11.4 Å². The van der Waals surface area contributed by atoms with E-state index in [2.05, 4.69) is 0 Å². The van der Waals surface area contributed by atoms with E-state index in [4.69, 9.17) is 20.0 Å². The fraction of sp³-hybridized carbons (Fsp3) is 0.375. The average molecular weight is 518 g/mol. The van der Waals surface area contributed by atoms with Crippen molar-refractivity contribution in [2.75, 3.05) is 6.26 Å². The molecule has 6 rings (SSSR count). The number of aliphatic hydroxyl groups is 1. The Kier molecular flexibility index (Phi) is 5.56. The van der Waals surface area contributed by atoms with Crippen LogP contribution in [0.1, 0.15) is 53.6 Å². The van der Waals surface area contributed by atoms with Gasteiger partial charge in [-0.3, -0.25) is 9.35 Å². The molecular formula is C24H24FN3O7S. The normalized spacial score (nSPS) is 21.7. The highest BCUT2D eigenvalue weighted by Gasteiger charge is 2.45. The Bertz CT molecular complexity index is 1630. The summed E-state index contributed by atoms with van der Waals surface area (Å²) in [5.74, 6) is -1.12. The molecule has 2 aromatic heterocycles. The van der Waals surface area contributed by atoms with Gasteiger partial charge in [0.15, 0.2) is 5.60 Å². The summed E-state index contributed by atoms with van der Waals surface area (Å²) in [4.78, 5) is 30.4. The molecule has 0 spiro atoms. The summed E-state index contributed by atoms with van der Waals surface area (Å²) in [5, 5.41) is 11.9. The van der Waals surface area contributed by atoms with E-state index in [0.717, 1.165) is 22.1 Å². The molecule has 0 fully saturated rings. The number of aryl methyl sites for hydroxylation is 1. The van der Waals surface area contributed by atoms with Crippen LogP contribution in [0.25, 0.3) is 22.3 Å². The summed E-state index contributed by atoms with van der Waals surface area (Å²) in [6.45, 7) is 1.77. The molecule has 4 N–H and O–H groups in total. The van der Waals surface area contributed by atoms with Gasteiger partial charge in [-0.1, -0.05) is 6.92 Å². The third kappa shape index (κ3) is 3.72. The first-order chi connectivity index (χ1) is 16.8. The zero-order valence-corrected chi connectivity index (χ0v) is 20.4. The van der Waals surface area contributed by atoms with Crippen molar-refractivity contribution in [2.45, 2.75) is 51.0 Å². The lowest BCUT2D eigenvalue weighted by Crippen LogP contribution is -2.44. The van der Waals surface area contributed by atoms with E-state index in [0.29, 0.717) is 36.0 Å². The van der Waals surface area contributed by atoms with Crippen molar-refractivity contribution in [3.63, 3.8) is 0 Å². The Morgan fingerprint density at radius 1 is 1.28 bits per heavy atom. The largest absolute Gasteiger partial charge is 0.458 e. The van der Waals surface area contributed by atoms with Gasteiger partial charge in [-0.2, -0.15) is 8.42 Å². The molecule has 12 heteroatoms. The standard InChI is InChI=1S/C23H20FN3O4.CH4O3S/c1-2-23(30)14-7-17-20-12(8-27(17)21(28)13(14)9-31-22(23)29)19-15(25)4-3-10-5-11(24)6-16(26-20)18(10)19;1-5(2,3)4/h5-7,15,30H,2-4,8-9,25H2,1H3;1H3,(H,2,3,4)/t15-,23-;/m0./s1. The molecule has 3 aliphatic rings. The number of aromatic nitrogens is 2. The van der Waals surface area contributed by atoms with Crippen LogP contribution in [-0.4, -0.2) is 39.9 Å². The second kappa shape index (κ2) is 8.17. The SMILES string of the molecule is CC[C@@]1(O)C(=O)OCc2c1cc1n(c2=O)Cc2c-1nc1cc(F)cc3c1c2[C@@H](N)CC3.CS(=O)(=O)O. The second-order valence-corrected chi connectivity index (χ2v) is 10.8. The molecule has 0 saturated carbocycles. The zero-order valence-electron chi connectivity index (χ0n) is 19.5. The number of fused-ring (bicyclic) bond motifs is 5. The van der Waals surface area contributed by atoms with Gasteiger partial charge in [-0.05, 0) is 42.5 Å². The van der Waals surface area contributed by atoms with Crippen molar-refractivity contribution >= 4 is 27.0 Å². The molecule has 2 atom stereocenters. The molecule has 10 nitrogen and oxygen atoms in total. The molecule has 1 aliphatic carbocycles. The van der Waals surface area contributed by atoms with Crippen LogP contribution in [0.2, 0.25) is 0 Å². The molecule has 0 saturated heterocycles. The van der Waals surface area contributed by atoms with Gasteiger partial charge < -0.3 is 20.1 Å². The molecule has 4 heterocycles. The zero-order chi connectivity index (χ0) is 26.2. The van der Waals surface area contributed by atoms with Crippen molar-refractivity contribution < 1.29 is 32.0 Å². The maximum atomic E-state index is 14.3. The Hall–Kier alpha value is -3.19. The predicted molar refractivity (Wildman–Crippen MR) is 127 cm³/mol. The number of halogens is 1. The molecule has 3 aromatic rings. The molecule has 0 amide bonds. The van der Waals surface area contributed by atoms with Crippen molar-refractivity contribution in [1.29, 1.82) is 0 Å². The Labute approximate surface area is 205 Å². The lowest BCUT2D eigenvalue weighted by Gasteiger charge is -2.31. The molecule has 2 aliphatic heterocycles. The fourth-order valence-electron chi connectivity index (χ4n) is 5.36. The van der Waals surface area contributed by atoms with Crippen LogP contribution in [0.3, 0.4) is 0 Å². The smallest absolute Gasteiger partial charge is 0.343 e. The van der Waals surface area contributed by atoms with Gasteiger partial charge in [0, 0.05) is 28.6 Å². The van der Waals surface area contributed by atoms with E-state index in [1.54, 1.807) is 17.6 Å². The van der Waals surface area contributed by atoms with Crippen LogP contribution in [-0.2, 0) is 44.8 Å². The molecule has 36 heavy (non-hydrogen) atoms. The number of nitrogens with zero attached hydrogens (tertiary/aromatic N) is 2. The highest BCUT2D eigenvalue weighted by Crippen LogP contribution is 2.44. The Balaban J connectivity index is 0.000000489. The van der Waals surface area contributed by atoms with Crippen molar-refractivity contribution in [1.82, 2.24) is 9.55 Å².